The highest BCUT2D eigenvalue weighted by Gasteiger charge is 2.38. The van der Waals surface area contributed by atoms with Gasteiger partial charge in [-0.3, -0.25) is 18.9 Å². The van der Waals surface area contributed by atoms with Crippen LogP contribution in [0.5, 0.6) is 0 Å². The van der Waals surface area contributed by atoms with Gasteiger partial charge in [0.05, 0.1) is 24.5 Å². The molecule has 1 aliphatic carbocycles. The number of carbonyl (C=O) groups is 1. The molecule has 0 unspecified atom stereocenters. The van der Waals surface area contributed by atoms with E-state index in [1.165, 1.54) is 13.0 Å². The fourth-order valence-electron chi connectivity index (χ4n) is 3.72. The number of aromatic nitrogens is 2. The molecular formula is C21H28F3N3O2. The summed E-state index contributed by atoms with van der Waals surface area (Å²) in [4.78, 5) is 16.8. The lowest BCUT2D eigenvalue weighted by Gasteiger charge is -2.41. The maximum absolute atomic E-state index is 14.8. The van der Waals surface area contributed by atoms with Gasteiger partial charge < -0.3 is 9.67 Å². The number of anilines is 1. The molecule has 0 saturated heterocycles. The number of amides is 1. The summed E-state index contributed by atoms with van der Waals surface area (Å²) in [6.07, 6.45) is 2.28. The molecule has 29 heavy (non-hydrogen) atoms. The van der Waals surface area contributed by atoms with E-state index in [1.54, 1.807) is 24.5 Å². The number of hydrogen-bond donors (Lipinski definition) is 2. The Balaban J connectivity index is 2.08. The molecule has 5 nitrogen and oxygen atoms in total. The van der Waals surface area contributed by atoms with Crippen LogP contribution in [0, 0.1) is 11.2 Å². The molecular weight excluding hydrogens is 383 g/mol. The van der Waals surface area contributed by atoms with E-state index < -0.39 is 36.1 Å². The third kappa shape index (κ3) is 3.99. The second-order valence-corrected chi connectivity index (χ2v) is 9.31. The molecule has 1 aromatic carbocycles. The molecule has 0 bridgehead atoms. The fourth-order valence-corrected chi connectivity index (χ4v) is 3.72. The lowest BCUT2D eigenvalue weighted by Crippen LogP contribution is -2.39. The Kier molecular flexibility index (Phi) is 5.45. The molecule has 0 aliphatic heterocycles. The molecule has 1 saturated carbocycles. The van der Waals surface area contributed by atoms with Crippen LogP contribution < -0.4 is 5.32 Å². The zero-order valence-corrected chi connectivity index (χ0v) is 17.3. The maximum atomic E-state index is 14.8. The standard InChI is InChI=1S/C21H28F3N3O2/c1-19(2,29)13-8-14(24)17-15(9-13)27(21(4)6-5-7-21)18(26-17)25-16(28)10-20(3,11-22)12-23/h8-9,29H,5-7,10-12H2,1-4H3,(H,25,26,28). The van der Waals surface area contributed by atoms with Gasteiger partial charge in [-0.15, -0.1) is 0 Å². The maximum Gasteiger partial charge on any atom is 0.227 e. The van der Waals surface area contributed by atoms with Crippen molar-refractivity contribution >= 4 is 22.9 Å². The fraction of sp³-hybridized carbons (Fsp3) is 0.619. The minimum Gasteiger partial charge on any atom is -0.386 e. The smallest absolute Gasteiger partial charge is 0.227 e. The number of fused-ring (bicyclic) bond motifs is 1. The molecule has 1 amide bonds. The van der Waals surface area contributed by atoms with Crippen LogP contribution in [-0.4, -0.2) is 33.9 Å². The first kappa shape index (κ1) is 21.6. The summed E-state index contributed by atoms with van der Waals surface area (Å²) >= 11 is 0. The summed E-state index contributed by atoms with van der Waals surface area (Å²) in [5.41, 5.74) is -2.07. The van der Waals surface area contributed by atoms with Crippen LogP contribution in [0.25, 0.3) is 11.0 Å². The van der Waals surface area contributed by atoms with E-state index in [1.807, 2.05) is 6.92 Å². The van der Waals surface area contributed by atoms with Crippen molar-refractivity contribution in [1.82, 2.24) is 9.55 Å². The second kappa shape index (κ2) is 7.31. The Morgan fingerprint density at radius 1 is 1.28 bits per heavy atom. The van der Waals surface area contributed by atoms with Gasteiger partial charge in [-0.2, -0.15) is 0 Å². The van der Waals surface area contributed by atoms with Gasteiger partial charge in [0.2, 0.25) is 11.9 Å². The topological polar surface area (TPSA) is 67.2 Å². The van der Waals surface area contributed by atoms with E-state index in [9.17, 15) is 23.1 Å². The number of aliphatic hydroxyl groups is 1. The van der Waals surface area contributed by atoms with E-state index in [2.05, 4.69) is 10.3 Å². The zero-order valence-electron chi connectivity index (χ0n) is 17.3. The van der Waals surface area contributed by atoms with Crippen LogP contribution in [0.15, 0.2) is 12.1 Å². The molecule has 0 radical (unpaired) electrons. The van der Waals surface area contributed by atoms with Crippen LogP contribution in [0.2, 0.25) is 0 Å². The number of rotatable bonds is 7. The lowest BCUT2D eigenvalue weighted by atomic mass is 9.78. The van der Waals surface area contributed by atoms with Crippen molar-refractivity contribution in [2.45, 2.75) is 64.5 Å². The first-order valence-corrected chi connectivity index (χ1v) is 9.80. The highest BCUT2D eigenvalue weighted by atomic mass is 19.1. The van der Waals surface area contributed by atoms with Gasteiger partial charge in [-0.25, -0.2) is 9.37 Å². The monoisotopic (exact) mass is 411 g/mol. The number of nitrogens with zero attached hydrogens (tertiary/aromatic N) is 2. The number of imidazole rings is 1. The number of nitrogens with one attached hydrogen (secondary N) is 1. The van der Waals surface area contributed by atoms with Crippen molar-refractivity contribution in [3.05, 3.63) is 23.5 Å². The molecule has 160 valence electrons. The van der Waals surface area contributed by atoms with Gasteiger partial charge in [-0.05, 0) is 57.7 Å². The third-order valence-electron chi connectivity index (χ3n) is 5.87. The quantitative estimate of drug-likeness (QED) is 0.701. The Morgan fingerprint density at radius 3 is 2.38 bits per heavy atom. The SMILES string of the molecule is CC(CF)(CF)CC(=O)Nc1nc2c(F)cc(C(C)(C)O)cc2n1C1(C)CCC1. The van der Waals surface area contributed by atoms with Gasteiger partial charge >= 0.3 is 0 Å². The average molecular weight is 411 g/mol. The molecule has 8 heteroatoms. The summed E-state index contributed by atoms with van der Waals surface area (Å²) < 4.78 is 42.9. The Morgan fingerprint density at radius 2 is 1.90 bits per heavy atom. The lowest BCUT2D eigenvalue weighted by molar-refractivity contribution is -0.118. The van der Waals surface area contributed by atoms with Crippen LogP contribution >= 0.6 is 0 Å². The number of hydrogen-bond acceptors (Lipinski definition) is 3. The number of alkyl halides is 2. The van der Waals surface area contributed by atoms with Crippen LogP contribution in [0.1, 0.15) is 58.9 Å². The van der Waals surface area contributed by atoms with Gasteiger partial charge in [-0.1, -0.05) is 6.92 Å². The van der Waals surface area contributed by atoms with E-state index in [0.717, 1.165) is 19.3 Å². The van der Waals surface area contributed by atoms with Crippen LogP contribution in [0.4, 0.5) is 19.1 Å². The second-order valence-electron chi connectivity index (χ2n) is 9.31. The first-order chi connectivity index (χ1) is 13.4. The van der Waals surface area contributed by atoms with Crippen molar-refractivity contribution < 1.29 is 23.1 Å². The summed E-state index contributed by atoms with van der Waals surface area (Å²) in [6, 6.07) is 2.91. The minimum absolute atomic E-state index is 0.0835. The van der Waals surface area contributed by atoms with Crippen molar-refractivity contribution in [2.24, 2.45) is 5.41 Å². The summed E-state index contributed by atoms with van der Waals surface area (Å²) in [7, 11) is 0. The minimum atomic E-state index is -1.40. The first-order valence-electron chi connectivity index (χ1n) is 9.80. The largest absolute Gasteiger partial charge is 0.386 e. The van der Waals surface area contributed by atoms with Crippen molar-refractivity contribution in [3.63, 3.8) is 0 Å². The van der Waals surface area contributed by atoms with E-state index in [-0.39, 0.29) is 23.4 Å². The third-order valence-corrected chi connectivity index (χ3v) is 5.87. The highest BCUT2D eigenvalue weighted by molar-refractivity contribution is 5.92. The van der Waals surface area contributed by atoms with Crippen molar-refractivity contribution in [2.75, 3.05) is 18.7 Å². The molecule has 1 fully saturated rings. The predicted molar refractivity (Wildman–Crippen MR) is 106 cm³/mol. The summed E-state index contributed by atoms with van der Waals surface area (Å²) in [5, 5.41) is 13.0. The molecule has 3 rings (SSSR count). The molecule has 1 aliphatic rings. The van der Waals surface area contributed by atoms with E-state index in [4.69, 9.17) is 0 Å². The summed E-state index contributed by atoms with van der Waals surface area (Å²) in [6.45, 7) is 4.56. The number of halogens is 3. The molecule has 2 N–H and O–H groups in total. The molecule has 0 atom stereocenters. The predicted octanol–water partition coefficient (Wildman–Crippen LogP) is 4.58. The molecule has 2 aromatic rings. The summed E-state index contributed by atoms with van der Waals surface area (Å²) in [5.74, 6) is -1.03. The zero-order chi connectivity index (χ0) is 21.6. The van der Waals surface area contributed by atoms with Crippen molar-refractivity contribution in [3.8, 4) is 0 Å². The Labute approximate surface area is 168 Å². The van der Waals surface area contributed by atoms with E-state index >= 15 is 0 Å². The molecule has 1 aromatic heterocycles. The Bertz CT molecular complexity index is 925. The van der Waals surface area contributed by atoms with Crippen LogP contribution in [0.3, 0.4) is 0 Å². The van der Waals surface area contributed by atoms with Gasteiger partial charge in [0, 0.05) is 17.4 Å². The Hall–Kier alpha value is -2.09. The average Bonchev–Trinajstić information content (AvgIpc) is 2.97. The van der Waals surface area contributed by atoms with E-state index in [0.29, 0.717) is 11.1 Å². The van der Waals surface area contributed by atoms with Crippen LogP contribution in [-0.2, 0) is 15.9 Å². The molecule has 1 heterocycles. The highest BCUT2D eigenvalue weighted by Crippen LogP contribution is 2.44. The molecule has 0 spiro atoms. The number of carbonyl (C=O) groups excluding carboxylic acids is 1. The number of benzene rings is 1. The van der Waals surface area contributed by atoms with Crippen molar-refractivity contribution in [1.29, 1.82) is 0 Å². The van der Waals surface area contributed by atoms with Gasteiger partial charge in [0.1, 0.15) is 5.52 Å². The van der Waals surface area contributed by atoms with Gasteiger partial charge in [0.15, 0.2) is 5.82 Å². The normalized spacial score (nSPS) is 16.7. The van der Waals surface area contributed by atoms with Gasteiger partial charge in [0.25, 0.3) is 0 Å².